The largest absolute Gasteiger partial charge is 0.481 e. The number of aromatic nitrogens is 2. The van der Waals surface area contributed by atoms with Crippen LogP contribution < -0.4 is 21.7 Å². The fraction of sp³-hybridized carbons (Fsp3) is 0.500. The molecule has 0 bridgehead atoms. The normalized spacial score (nSPS) is 14.5. The second-order valence-electron chi connectivity index (χ2n) is 6.37. The number of aliphatic carboxylic acids is 2. The Hall–Kier alpha value is -2.78. The first-order valence-corrected chi connectivity index (χ1v) is 10.2. The van der Waals surface area contributed by atoms with Crippen molar-refractivity contribution in [2.45, 2.75) is 37.0 Å². The Morgan fingerprint density at radius 1 is 0.968 bits per heavy atom. The van der Waals surface area contributed by atoms with Crippen LogP contribution in [0.2, 0.25) is 0 Å². The second-order valence-corrected chi connectivity index (χ2v) is 7.10. The van der Waals surface area contributed by atoms with Gasteiger partial charge in [-0.1, -0.05) is 0 Å². The molecule has 13 nitrogen and oxygen atoms in total. The van der Waals surface area contributed by atoms with Crippen LogP contribution in [0.3, 0.4) is 0 Å². The van der Waals surface area contributed by atoms with Gasteiger partial charge in [0.15, 0.2) is 0 Å². The van der Waals surface area contributed by atoms with E-state index in [0.717, 1.165) is 0 Å². The number of hydrogen-bond acceptors (Lipinski definition) is 9. The van der Waals surface area contributed by atoms with E-state index in [2.05, 4.69) is 51.2 Å². The molecule has 0 radical (unpaired) electrons. The fourth-order valence-electron chi connectivity index (χ4n) is 2.31. The summed E-state index contributed by atoms with van der Waals surface area (Å²) in [6.07, 6.45) is 2.06. The Labute approximate surface area is 187 Å². The number of nitrogens with two attached hydrogens (primary N) is 1. The van der Waals surface area contributed by atoms with Gasteiger partial charge in [0.1, 0.15) is 18.1 Å². The predicted molar refractivity (Wildman–Crippen MR) is 114 cm³/mol. The van der Waals surface area contributed by atoms with Gasteiger partial charge < -0.3 is 36.9 Å². The molecule has 15 heteroatoms. The van der Waals surface area contributed by atoms with Crippen LogP contribution in [-0.4, -0.2) is 85.5 Å². The van der Waals surface area contributed by atoms with Crippen molar-refractivity contribution in [2.75, 3.05) is 11.5 Å². The maximum atomic E-state index is 12.8. The Morgan fingerprint density at radius 2 is 1.52 bits per heavy atom. The van der Waals surface area contributed by atoms with Gasteiger partial charge in [-0.05, 0) is 0 Å². The highest BCUT2D eigenvalue weighted by molar-refractivity contribution is 7.80. The number of amides is 3. The molecule has 1 aromatic rings. The average Bonchev–Trinajstić information content (AvgIpc) is 3.21. The quantitative estimate of drug-likeness (QED) is 0.134. The number of carbonyl (C=O) groups is 5. The first-order valence-electron chi connectivity index (χ1n) is 8.89. The van der Waals surface area contributed by atoms with E-state index in [4.69, 9.17) is 15.9 Å². The van der Waals surface area contributed by atoms with Crippen molar-refractivity contribution in [1.29, 1.82) is 0 Å². The first-order chi connectivity index (χ1) is 14.6. The number of thiol groups is 2. The average molecular weight is 477 g/mol. The van der Waals surface area contributed by atoms with Crippen LogP contribution in [0.15, 0.2) is 12.5 Å². The lowest BCUT2D eigenvalue weighted by Crippen LogP contribution is -2.58. The molecular weight excluding hydrogens is 452 g/mol. The number of carbonyl (C=O) groups excluding carboxylic acids is 3. The van der Waals surface area contributed by atoms with E-state index in [1.165, 1.54) is 12.5 Å². The molecular formula is C16H24N6O7S2. The highest BCUT2D eigenvalue weighted by atomic mass is 32.1. The van der Waals surface area contributed by atoms with Gasteiger partial charge in [0.25, 0.3) is 0 Å². The van der Waals surface area contributed by atoms with Gasteiger partial charge in [0.05, 0.1) is 18.8 Å². The predicted octanol–water partition coefficient (Wildman–Crippen LogP) is -2.85. The highest BCUT2D eigenvalue weighted by Gasteiger charge is 2.30. The van der Waals surface area contributed by atoms with Crippen LogP contribution in [-0.2, 0) is 30.4 Å². The van der Waals surface area contributed by atoms with Crippen LogP contribution in [0.1, 0.15) is 12.1 Å². The van der Waals surface area contributed by atoms with E-state index >= 15 is 0 Å². The molecule has 1 heterocycles. The molecule has 3 amide bonds. The van der Waals surface area contributed by atoms with Crippen LogP contribution in [0.5, 0.6) is 0 Å². The van der Waals surface area contributed by atoms with Crippen LogP contribution in [0.25, 0.3) is 0 Å². The molecule has 1 aromatic heterocycles. The molecule has 4 unspecified atom stereocenters. The molecule has 1 rings (SSSR count). The van der Waals surface area contributed by atoms with Gasteiger partial charge >= 0.3 is 11.9 Å². The Kier molecular flexibility index (Phi) is 10.8. The molecule has 172 valence electrons. The maximum absolute atomic E-state index is 12.8. The van der Waals surface area contributed by atoms with Gasteiger partial charge in [-0.15, -0.1) is 0 Å². The molecule has 31 heavy (non-hydrogen) atoms. The molecule has 0 aliphatic rings. The van der Waals surface area contributed by atoms with Gasteiger partial charge in [-0.2, -0.15) is 25.3 Å². The second kappa shape index (κ2) is 12.8. The van der Waals surface area contributed by atoms with E-state index in [-0.39, 0.29) is 17.9 Å². The van der Waals surface area contributed by atoms with Gasteiger partial charge in [0.2, 0.25) is 17.7 Å². The van der Waals surface area contributed by atoms with Crippen molar-refractivity contribution >= 4 is 54.9 Å². The lowest BCUT2D eigenvalue weighted by molar-refractivity contribution is -0.141. The Morgan fingerprint density at radius 3 is 2.00 bits per heavy atom. The summed E-state index contributed by atoms with van der Waals surface area (Å²) in [4.78, 5) is 65.7. The minimum atomic E-state index is -1.40. The number of nitrogens with one attached hydrogen (secondary N) is 4. The monoisotopic (exact) mass is 476 g/mol. The minimum Gasteiger partial charge on any atom is -0.481 e. The number of carboxylic acids is 2. The lowest BCUT2D eigenvalue weighted by Gasteiger charge is -2.24. The van der Waals surface area contributed by atoms with Crippen molar-refractivity contribution in [1.82, 2.24) is 25.9 Å². The van der Waals surface area contributed by atoms with Gasteiger partial charge in [0, 0.05) is 29.8 Å². The summed E-state index contributed by atoms with van der Waals surface area (Å²) >= 11 is 7.85. The lowest BCUT2D eigenvalue weighted by atomic mass is 10.1. The summed E-state index contributed by atoms with van der Waals surface area (Å²) in [7, 11) is 0. The topological polar surface area (TPSA) is 217 Å². The maximum Gasteiger partial charge on any atom is 0.327 e. The fourth-order valence-corrected chi connectivity index (χ4v) is 2.81. The Bertz CT molecular complexity index is 791. The number of nitrogens with zero attached hydrogens (tertiary/aromatic N) is 1. The third-order valence-electron chi connectivity index (χ3n) is 3.96. The van der Waals surface area contributed by atoms with Gasteiger partial charge in [-0.3, -0.25) is 19.2 Å². The third kappa shape index (κ3) is 8.85. The van der Waals surface area contributed by atoms with Crippen molar-refractivity contribution in [3.8, 4) is 0 Å². The van der Waals surface area contributed by atoms with E-state index in [1.54, 1.807) is 0 Å². The van der Waals surface area contributed by atoms with E-state index in [1.807, 2.05) is 0 Å². The van der Waals surface area contributed by atoms with E-state index in [0.29, 0.717) is 5.69 Å². The third-order valence-corrected chi connectivity index (χ3v) is 4.69. The van der Waals surface area contributed by atoms with Crippen LogP contribution in [0, 0.1) is 0 Å². The molecule has 0 aliphatic carbocycles. The smallest absolute Gasteiger partial charge is 0.327 e. The number of H-pyrrole nitrogens is 1. The summed E-state index contributed by atoms with van der Waals surface area (Å²) in [6, 6.07) is -5.12. The standard InChI is InChI=1S/C16H24N6O7S2/c17-8(2-12(23)24)13(25)20-9(1-7-3-18-6-19-7)14(26)21-10(4-30)15(27)22-11(5-31)16(28)29/h3,6,8-11,30-31H,1-2,4-5,17H2,(H,18,19)(H,20,25)(H,21,26)(H,22,27)(H,23,24)(H,28,29). The molecule has 0 aromatic carbocycles. The van der Waals surface area contributed by atoms with Crippen molar-refractivity contribution in [2.24, 2.45) is 5.73 Å². The zero-order valence-corrected chi connectivity index (χ0v) is 17.9. The summed E-state index contributed by atoms with van der Waals surface area (Å²) in [5, 5.41) is 24.7. The molecule has 4 atom stereocenters. The number of hydrogen-bond donors (Lipinski definition) is 9. The molecule has 0 aliphatic heterocycles. The van der Waals surface area contributed by atoms with E-state index < -0.39 is 60.2 Å². The molecule has 0 saturated heterocycles. The van der Waals surface area contributed by atoms with Gasteiger partial charge in [-0.25, -0.2) is 9.78 Å². The zero-order valence-electron chi connectivity index (χ0n) is 16.1. The number of aromatic amines is 1. The van der Waals surface area contributed by atoms with E-state index in [9.17, 15) is 24.0 Å². The summed E-state index contributed by atoms with van der Waals surface area (Å²) < 4.78 is 0. The first kappa shape index (κ1) is 26.3. The highest BCUT2D eigenvalue weighted by Crippen LogP contribution is 2.02. The zero-order chi connectivity index (χ0) is 23.6. The summed E-state index contributed by atoms with van der Waals surface area (Å²) in [5.74, 6) is -5.41. The Balaban J connectivity index is 2.91. The van der Waals surface area contributed by atoms with Crippen LogP contribution in [0.4, 0.5) is 0 Å². The number of imidazole rings is 1. The van der Waals surface area contributed by atoms with Crippen LogP contribution >= 0.6 is 25.3 Å². The summed E-state index contributed by atoms with van der Waals surface area (Å²) in [6.45, 7) is 0. The molecule has 0 fully saturated rings. The van der Waals surface area contributed by atoms with Crippen molar-refractivity contribution in [3.63, 3.8) is 0 Å². The van der Waals surface area contributed by atoms with Crippen molar-refractivity contribution < 1.29 is 34.2 Å². The SMILES string of the molecule is NC(CC(=O)O)C(=O)NC(Cc1cnc[nH]1)C(=O)NC(CS)C(=O)NC(CS)C(=O)O. The molecule has 8 N–H and O–H groups in total. The van der Waals surface area contributed by atoms with Crippen molar-refractivity contribution in [3.05, 3.63) is 18.2 Å². The number of carboxylic acid groups (broad SMARTS) is 2. The molecule has 0 spiro atoms. The number of rotatable bonds is 13. The summed E-state index contributed by atoms with van der Waals surface area (Å²) in [5.41, 5.74) is 6.00. The minimum absolute atomic E-state index is 0.0628. The molecule has 0 saturated carbocycles.